The topological polar surface area (TPSA) is 83.0 Å². The number of benzene rings is 4. The van der Waals surface area contributed by atoms with Gasteiger partial charge in [0.05, 0.1) is 27.7 Å². The molecule has 2 aliphatic rings. The van der Waals surface area contributed by atoms with Crippen molar-refractivity contribution >= 4 is 75.9 Å². The van der Waals surface area contributed by atoms with Crippen LogP contribution in [0.15, 0.2) is 126 Å². The summed E-state index contributed by atoms with van der Waals surface area (Å²) in [5.41, 5.74) is 8.34. The summed E-state index contributed by atoms with van der Waals surface area (Å²) in [6, 6.07) is 32.3. The maximum Gasteiger partial charge on any atom is 1.00 e. The zero-order valence-electron chi connectivity index (χ0n) is 29.3. The van der Waals surface area contributed by atoms with Crippen LogP contribution < -0.4 is 29.6 Å². The number of hydrogen-bond donors (Lipinski definition) is 0. The molecule has 268 valence electrons. The minimum Gasteiger partial charge on any atom is -0.744 e. The van der Waals surface area contributed by atoms with Gasteiger partial charge in [-0.2, -0.15) is 0 Å². The van der Waals surface area contributed by atoms with Gasteiger partial charge in [-0.25, -0.2) is 31.6 Å². The predicted molar refractivity (Wildman–Crippen MR) is 215 cm³/mol. The van der Waals surface area contributed by atoms with E-state index in [1.807, 2.05) is 48.6 Å². The molecular weight excluding hydrogens is 781 g/mol. The number of thiophene rings is 2. The molecule has 0 fully saturated rings. The van der Waals surface area contributed by atoms with E-state index < -0.39 is 10.1 Å². The van der Waals surface area contributed by atoms with Gasteiger partial charge in [0.1, 0.15) is 27.6 Å². The van der Waals surface area contributed by atoms with Crippen LogP contribution in [0.3, 0.4) is 0 Å². The smallest absolute Gasteiger partial charge is 0.744 e. The van der Waals surface area contributed by atoms with Crippen LogP contribution >= 0.6 is 22.7 Å². The average molecular weight is 805 g/mol. The Morgan fingerprint density at radius 1 is 0.411 bits per heavy atom. The molecule has 0 saturated heterocycles. The Kier molecular flexibility index (Phi) is 10.3. The third kappa shape index (κ3) is 7.23. The van der Waals surface area contributed by atoms with Crippen molar-refractivity contribution in [3.8, 4) is 44.5 Å². The Balaban J connectivity index is 0.00000441. The third-order valence-corrected chi connectivity index (χ3v) is 12.4. The van der Waals surface area contributed by atoms with Crippen molar-refractivity contribution in [1.29, 1.82) is 0 Å². The van der Waals surface area contributed by atoms with Crippen LogP contribution in [0.4, 0.5) is 13.2 Å². The quantitative estimate of drug-likeness (QED) is 0.128. The first-order valence-electron chi connectivity index (χ1n) is 16.9. The zero-order valence-corrected chi connectivity index (χ0v) is 33.8. The van der Waals surface area contributed by atoms with Gasteiger partial charge in [0.25, 0.3) is 0 Å². The standard InChI is InChI=1S/C44H25F3N2O3S3.Na/c45-29-9-1-25(2-10-29)41-33-17-18-34(48-33)42(26-3-11-30(46)12-4-26)39-23-24-40(54-39)44(28-7-15-32(16-8-28)55(50,51)52)36-20-19-35(49-36)43(38-22-21-37(41)53-38)27-5-13-31(47)14-6-27;/h1-24H,(H,50,51,52);/q;+1/p-1. The van der Waals surface area contributed by atoms with Crippen molar-refractivity contribution in [2.24, 2.45) is 0 Å². The Hall–Kier alpha value is -4.98. The molecule has 5 nitrogen and oxygen atoms in total. The largest absolute Gasteiger partial charge is 1.00 e. The number of fused-ring (bicyclic) bond motifs is 8. The van der Waals surface area contributed by atoms with E-state index in [0.29, 0.717) is 33.9 Å². The summed E-state index contributed by atoms with van der Waals surface area (Å²) in [5.74, 6) is -1.13. The van der Waals surface area contributed by atoms with Gasteiger partial charge < -0.3 is 4.55 Å². The number of aromatic nitrogens is 2. The SMILES string of the molecule is O=S(=O)([O-])c1ccc(-c2c3nc(c(-c4ccc(F)cc4)c4ccc(s4)c(-c4ccc(F)cc4)c4nc(c(-c5ccc(F)cc5)c5ccc2s5)C=C4)C=C3)cc1.[Na+]. The van der Waals surface area contributed by atoms with E-state index in [-0.39, 0.29) is 51.9 Å². The summed E-state index contributed by atoms with van der Waals surface area (Å²) in [5, 5.41) is 0. The molecule has 0 aliphatic carbocycles. The van der Waals surface area contributed by atoms with E-state index >= 15 is 0 Å². The zero-order chi connectivity index (χ0) is 37.8. The summed E-state index contributed by atoms with van der Waals surface area (Å²) in [6.45, 7) is 0. The van der Waals surface area contributed by atoms with Crippen molar-refractivity contribution in [2.75, 3.05) is 0 Å². The molecule has 3 aromatic heterocycles. The summed E-state index contributed by atoms with van der Waals surface area (Å²) in [7, 11) is -4.69. The van der Waals surface area contributed by atoms with Crippen LogP contribution in [0.2, 0.25) is 0 Å². The molecule has 4 aromatic carbocycles. The maximum atomic E-state index is 14.2. The third-order valence-electron chi connectivity index (χ3n) is 9.33. The van der Waals surface area contributed by atoms with Crippen LogP contribution in [-0.2, 0) is 10.1 Å². The second-order valence-corrected chi connectivity index (χ2v) is 16.3. The van der Waals surface area contributed by atoms with Crippen LogP contribution in [0.25, 0.3) is 87.6 Å². The second kappa shape index (κ2) is 15.2. The first kappa shape index (κ1) is 37.9. The normalized spacial score (nSPS) is 12.1. The Morgan fingerprint density at radius 3 is 0.911 bits per heavy atom. The van der Waals surface area contributed by atoms with Crippen LogP contribution in [0, 0.1) is 17.5 Å². The molecule has 5 heterocycles. The molecule has 0 spiro atoms. The van der Waals surface area contributed by atoms with E-state index in [0.717, 1.165) is 52.2 Å². The Labute approximate surface area is 349 Å². The fourth-order valence-electron chi connectivity index (χ4n) is 6.80. The minimum atomic E-state index is -4.69. The number of halogens is 3. The van der Waals surface area contributed by atoms with Gasteiger partial charge in [-0.05, 0) is 119 Å². The molecular formula is C44H24F3N2NaO3S3. The van der Waals surface area contributed by atoms with Crippen molar-refractivity contribution in [2.45, 2.75) is 4.90 Å². The molecule has 0 atom stereocenters. The minimum absolute atomic E-state index is 0. The van der Waals surface area contributed by atoms with Crippen molar-refractivity contribution < 1.29 is 55.7 Å². The summed E-state index contributed by atoms with van der Waals surface area (Å²) in [6.07, 6.45) is 7.60. The first-order valence-corrected chi connectivity index (χ1v) is 20.0. The Morgan fingerprint density at radius 2 is 0.661 bits per heavy atom. The summed E-state index contributed by atoms with van der Waals surface area (Å²) in [4.78, 5) is 9.98. The van der Waals surface area contributed by atoms with Crippen molar-refractivity contribution in [3.63, 3.8) is 0 Å². The van der Waals surface area contributed by atoms with E-state index in [9.17, 15) is 26.1 Å². The van der Waals surface area contributed by atoms with Gasteiger partial charge in [-0.15, -0.1) is 22.7 Å². The van der Waals surface area contributed by atoms with E-state index in [1.165, 1.54) is 71.2 Å². The van der Waals surface area contributed by atoms with Gasteiger partial charge in [0.2, 0.25) is 0 Å². The van der Waals surface area contributed by atoms with Gasteiger partial charge in [0, 0.05) is 41.1 Å². The molecule has 0 unspecified atom stereocenters. The molecule has 8 bridgehead atoms. The molecule has 2 aliphatic heterocycles. The van der Waals surface area contributed by atoms with E-state index in [4.69, 9.17) is 9.97 Å². The molecule has 12 heteroatoms. The van der Waals surface area contributed by atoms with Crippen LogP contribution in [-0.4, -0.2) is 22.9 Å². The monoisotopic (exact) mass is 804 g/mol. The van der Waals surface area contributed by atoms with E-state index in [1.54, 1.807) is 48.5 Å². The van der Waals surface area contributed by atoms with Gasteiger partial charge in [-0.3, -0.25) is 0 Å². The average Bonchev–Trinajstić information content (AvgIpc) is 4.01. The molecule has 0 saturated carbocycles. The molecule has 9 rings (SSSR count). The maximum absolute atomic E-state index is 14.2. The Bertz CT molecular complexity index is 2970. The molecule has 0 N–H and O–H groups in total. The number of nitrogens with zero attached hydrogens (tertiary/aromatic N) is 2. The molecule has 7 aromatic rings. The van der Waals surface area contributed by atoms with Crippen LogP contribution in [0.1, 0.15) is 22.8 Å². The number of rotatable bonds is 5. The van der Waals surface area contributed by atoms with Gasteiger partial charge in [0.15, 0.2) is 0 Å². The molecule has 56 heavy (non-hydrogen) atoms. The fourth-order valence-corrected chi connectivity index (χ4v) is 9.58. The summed E-state index contributed by atoms with van der Waals surface area (Å²) < 4.78 is 81.6. The van der Waals surface area contributed by atoms with E-state index in [2.05, 4.69) is 0 Å². The van der Waals surface area contributed by atoms with Crippen LogP contribution in [0.5, 0.6) is 0 Å². The van der Waals surface area contributed by atoms with Gasteiger partial charge in [-0.1, -0.05) is 48.5 Å². The molecule has 0 amide bonds. The van der Waals surface area contributed by atoms with Gasteiger partial charge >= 0.3 is 29.6 Å². The van der Waals surface area contributed by atoms with Crippen molar-refractivity contribution in [1.82, 2.24) is 9.97 Å². The molecule has 0 radical (unpaired) electrons. The fraction of sp³-hybridized carbons (Fsp3) is 0. The first-order chi connectivity index (χ1) is 26.6. The predicted octanol–water partition coefficient (Wildman–Crippen LogP) is 9.12. The summed E-state index contributed by atoms with van der Waals surface area (Å²) >= 11 is 2.95. The second-order valence-electron chi connectivity index (χ2n) is 12.8. The van der Waals surface area contributed by atoms with Crippen molar-refractivity contribution in [3.05, 3.63) is 162 Å². The number of hydrogen-bond acceptors (Lipinski definition) is 7.